The van der Waals surface area contributed by atoms with Crippen LogP contribution in [-0.4, -0.2) is 18.2 Å². The van der Waals surface area contributed by atoms with Crippen molar-refractivity contribution >= 4 is 18.2 Å². The standard InChI is InChI=1S/C9H14NO3PS/c1-3-12-14(11,13-4-2)15-9-7-5-6-8-10-9/h5-8H,3-4H2,1-2H3. The van der Waals surface area contributed by atoms with E-state index in [1.54, 1.807) is 32.2 Å². The maximum absolute atomic E-state index is 12.1. The minimum Gasteiger partial charge on any atom is -0.301 e. The third-order valence-corrected chi connectivity index (χ3v) is 5.08. The maximum atomic E-state index is 12.1. The molecule has 0 aliphatic rings. The Labute approximate surface area is 93.7 Å². The number of hydrogen-bond donors (Lipinski definition) is 0. The van der Waals surface area contributed by atoms with E-state index in [0.717, 1.165) is 11.4 Å². The highest BCUT2D eigenvalue weighted by molar-refractivity contribution is 8.55. The molecule has 0 fully saturated rings. The first kappa shape index (κ1) is 12.7. The van der Waals surface area contributed by atoms with E-state index in [2.05, 4.69) is 4.98 Å². The van der Waals surface area contributed by atoms with Gasteiger partial charge in [0.1, 0.15) is 5.03 Å². The fourth-order valence-corrected chi connectivity index (χ4v) is 4.17. The number of nitrogens with zero attached hydrogens (tertiary/aromatic N) is 1. The van der Waals surface area contributed by atoms with Crippen molar-refractivity contribution < 1.29 is 13.6 Å². The summed E-state index contributed by atoms with van der Waals surface area (Å²) in [6.07, 6.45) is 1.64. The highest BCUT2D eigenvalue weighted by Crippen LogP contribution is 2.62. The van der Waals surface area contributed by atoms with Gasteiger partial charge in [-0.25, -0.2) is 9.55 Å². The quantitative estimate of drug-likeness (QED) is 0.721. The van der Waals surface area contributed by atoms with E-state index in [1.165, 1.54) is 0 Å². The average Bonchev–Trinajstić information content (AvgIpc) is 2.19. The zero-order valence-corrected chi connectivity index (χ0v) is 10.5. The predicted molar refractivity (Wildman–Crippen MR) is 61.0 cm³/mol. The molecular weight excluding hydrogens is 233 g/mol. The van der Waals surface area contributed by atoms with Gasteiger partial charge in [0, 0.05) is 17.6 Å². The highest BCUT2D eigenvalue weighted by Gasteiger charge is 2.25. The van der Waals surface area contributed by atoms with Crippen molar-refractivity contribution in [1.82, 2.24) is 4.98 Å². The van der Waals surface area contributed by atoms with Crippen LogP contribution >= 0.6 is 18.2 Å². The fourth-order valence-electron chi connectivity index (χ4n) is 0.922. The Morgan fingerprint density at radius 1 is 1.33 bits per heavy atom. The van der Waals surface area contributed by atoms with Crippen LogP contribution in [0.15, 0.2) is 29.4 Å². The minimum atomic E-state index is -3.09. The van der Waals surface area contributed by atoms with Gasteiger partial charge in [0.25, 0.3) is 0 Å². The molecule has 4 nitrogen and oxygen atoms in total. The lowest BCUT2D eigenvalue weighted by Crippen LogP contribution is -1.92. The van der Waals surface area contributed by atoms with Gasteiger partial charge in [-0.15, -0.1) is 0 Å². The molecule has 6 heteroatoms. The summed E-state index contributed by atoms with van der Waals surface area (Å²) in [5.74, 6) is 0. The van der Waals surface area contributed by atoms with Gasteiger partial charge in [-0.2, -0.15) is 0 Å². The van der Waals surface area contributed by atoms with Crippen molar-refractivity contribution in [2.24, 2.45) is 0 Å². The van der Waals surface area contributed by atoms with Crippen molar-refractivity contribution in [1.29, 1.82) is 0 Å². The lowest BCUT2D eigenvalue weighted by atomic mass is 10.5. The summed E-state index contributed by atoms with van der Waals surface area (Å²) < 4.78 is 22.3. The van der Waals surface area contributed by atoms with Crippen LogP contribution < -0.4 is 0 Å². The minimum absolute atomic E-state index is 0.358. The van der Waals surface area contributed by atoms with Crippen molar-refractivity contribution in [2.75, 3.05) is 13.2 Å². The van der Waals surface area contributed by atoms with Crippen molar-refractivity contribution in [2.45, 2.75) is 18.9 Å². The molecule has 0 N–H and O–H groups in total. The Morgan fingerprint density at radius 2 is 2.00 bits per heavy atom. The topological polar surface area (TPSA) is 48.4 Å². The van der Waals surface area contributed by atoms with Crippen LogP contribution in [0.25, 0.3) is 0 Å². The molecule has 0 unspecified atom stereocenters. The lowest BCUT2D eigenvalue weighted by Gasteiger charge is -2.14. The number of pyridine rings is 1. The Balaban J connectivity index is 2.71. The molecule has 1 aromatic rings. The molecule has 0 saturated carbocycles. The van der Waals surface area contributed by atoms with Gasteiger partial charge in [-0.3, -0.25) is 0 Å². The largest absolute Gasteiger partial charge is 0.395 e. The van der Waals surface area contributed by atoms with Crippen LogP contribution in [0, 0.1) is 0 Å². The third-order valence-electron chi connectivity index (χ3n) is 1.42. The van der Waals surface area contributed by atoms with Gasteiger partial charge in [-0.05, 0) is 26.0 Å². The van der Waals surface area contributed by atoms with Gasteiger partial charge in [0.15, 0.2) is 0 Å². The van der Waals surface area contributed by atoms with Crippen LogP contribution in [0.5, 0.6) is 0 Å². The Bertz CT molecular complexity index is 323. The first-order valence-corrected chi connectivity index (χ1v) is 7.66. The molecule has 0 aromatic carbocycles. The van der Waals surface area contributed by atoms with E-state index in [9.17, 15) is 4.57 Å². The molecule has 15 heavy (non-hydrogen) atoms. The molecule has 1 heterocycles. The van der Waals surface area contributed by atoms with Crippen LogP contribution in [0.1, 0.15) is 13.8 Å². The molecule has 0 aliphatic carbocycles. The summed E-state index contributed by atoms with van der Waals surface area (Å²) >= 11 is 1.04. The van der Waals surface area contributed by atoms with Gasteiger partial charge in [-0.1, -0.05) is 6.07 Å². The first-order valence-electron chi connectivity index (χ1n) is 4.70. The van der Waals surface area contributed by atoms with E-state index in [4.69, 9.17) is 9.05 Å². The summed E-state index contributed by atoms with van der Waals surface area (Å²) in [5, 5.41) is 0.641. The van der Waals surface area contributed by atoms with E-state index in [-0.39, 0.29) is 0 Å². The van der Waals surface area contributed by atoms with E-state index in [0.29, 0.717) is 18.2 Å². The first-order chi connectivity index (χ1) is 7.20. The molecule has 84 valence electrons. The van der Waals surface area contributed by atoms with Crippen molar-refractivity contribution in [3.63, 3.8) is 0 Å². The summed E-state index contributed by atoms with van der Waals surface area (Å²) in [7, 11) is 0. The number of rotatable bonds is 6. The van der Waals surface area contributed by atoms with Crippen LogP contribution in [-0.2, 0) is 13.6 Å². The smallest absolute Gasteiger partial charge is 0.301 e. The Morgan fingerprint density at radius 3 is 2.47 bits per heavy atom. The van der Waals surface area contributed by atoms with Crippen LogP contribution in [0.4, 0.5) is 0 Å². The predicted octanol–water partition coefficient (Wildman–Crippen LogP) is 3.35. The molecule has 0 radical (unpaired) electrons. The molecule has 1 aromatic heterocycles. The molecule has 0 amide bonds. The SMILES string of the molecule is CCOP(=O)(OCC)Sc1ccccn1. The molecule has 1 rings (SSSR count). The Kier molecular flexibility index (Phi) is 5.32. The van der Waals surface area contributed by atoms with Crippen LogP contribution in [0.2, 0.25) is 0 Å². The van der Waals surface area contributed by atoms with Crippen molar-refractivity contribution in [3.05, 3.63) is 24.4 Å². The number of hydrogen-bond acceptors (Lipinski definition) is 5. The third kappa shape index (κ3) is 4.34. The van der Waals surface area contributed by atoms with E-state index in [1.807, 2.05) is 6.07 Å². The molecular formula is C9H14NO3PS. The van der Waals surface area contributed by atoms with Gasteiger partial charge in [0.05, 0.1) is 13.2 Å². The second-order valence-corrected chi connectivity index (χ2v) is 6.44. The highest BCUT2D eigenvalue weighted by atomic mass is 32.7. The molecule has 0 atom stereocenters. The summed E-state index contributed by atoms with van der Waals surface area (Å²) in [5.41, 5.74) is 0. The number of aromatic nitrogens is 1. The van der Waals surface area contributed by atoms with Crippen molar-refractivity contribution in [3.8, 4) is 0 Å². The van der Waals surface area contributed by atoms with Gasteiger partial charge < -0.3 is 9.05 Å². The molecule has 0 aliphatic heterocycles. The zero-order chi connectivity index (χ0) is 11.1. The summed E-state index contributed by atoms with van der Waals surface area (Å²) in [6.45, 7) is 1.19. The maximum Gasteiger partial charge on any atom is 0.395 e. The molecule has 0 saturated heterocycles. The van der Waals surface area contributed by atoms with E-state index >= 15 is 0 Å². The second-order valence-electron chi connectivity index (χ2n) is 2.54. The van der Waals surface area contributed by atoms with Gasteiger partial charge >= 0.3 is 6.80 Å². The normalized spacial score (nSPS) is 11.6. The lowest BCUT2D eigenvalue weighted by molar-refractivity contribution is 0.237. The monoisotopic (exact) mass is 247 g/mol. The zero-order valence-electron chi connectivity index (χ0n) is 8.75. The molecule has 0 bridgehead atoms. The Hall–Kier alpha value is -0.350. The van der Waals surface area contributed by atoms with Crippen LogP contribution in [0.3, 0.4) is 0 Å². The summed E-state index contributed by atoms with van der Waals surface area (Å²) in [4.78, 5) is 4.06. The second kappa shape index (κ2) is 6.28. The summed E-state index contributed by atoms with van der Waals surface area (Å²) in [6, 6.07) is 5.41. The molecule has 0 spiro atoms. The van der Waals surface area contributed by atoms with Gasteiger partial charge in [0.2, 0.25) is 0 Å². The fraction of sp³-hybridized carbons (Fsp3) is 0.444. The van der Waals surface area contributed by atoms with E-state index < -0.39 is 6.80 Å². The average molecular weight is 247 g/mol.